The molecule has 0 aliphatic heterocycles. The Kier molecular flexibility index (Phi) is 60.4. The molecule has 1 radical (unpaired) electrons. The predicted molar refractivity (Wildman–Crippen MR) is 221 cm³/mol. The van der Waals surface area contributed by atoms with Crippen molar-refractivity contribution in [2.75, 3.05) is 6.61 Å². The van der Waals surface area contributed by atoms with Gasteiger partial charge in [0.25, 0.3) is 0 Å². The van der Waals surface area contributed by atoms with Crippen LogP contribution in [0.15, 0.2) is 0 Å². The van der Waals surface area contributed by atoms with Crippen molar-refractivity contribution in [1.29, 1.82) is 0 Å². The lowest BCUT2D eigenvalue weighted by atomic mass is 10.0. The van der Waals surface area contributed by atoms with Crippen LogP contribution < -0.4 is 0 Å². The molecule has 20 nitrogen and oxygen atoms in total. The number of rotatable bonds is 60. The largest absolute Gasteiger partial charge is 0.204 e. The van der Waals surface area contributed by atoms with Crippen molar-refractivity contribution < 1.29 is 101 Å². The Hall–Kier alpha value is -0.800. The van der Waals surface area contributed by atoms with Crippen LogP contribution in [0.3, 0.4) is 0 Å². The number of hydrogen-bond acceptors (Lipinski definition) is 19. The van der Waals surface area contributed by atoms with Crippen LogP contribution in [0.5, 0.6) is 0 Å². The van der Waals surface area contributed by atoms with E-state index in [1.54, 1.807) is 0 Å². The first-order chi connectivity index (χ1) is 31.4. The summed E-state index contributed by atoms with van der Waals surface area (Å²) in [4.78, 5) is 4.74. The summed E-state index contributed by atoms with van der Waals surface area (Å²) in [6.07, 6.45) is 57.1. The molecule has 0 rings (SSSR count). The van der Waals surface area contributed by atoms with Crippen molar-refractivity contribution in [2.45, 2.75) is 270 Å². The zero-order chi connectivity index (χ0) is 45.1. The Morgan fingerprint density at radius 2 is 0.349 bits per heavy atom. The van der Waals surface area contributed by atoms with E-state index in [2.05, 4.69) is 97.6 Å². The summed E-state index contributed by atoms with van der Waals surface area (Å²) in [7, 11) is 0. The Bertz CT molecular complexity index is 720. The highest BCUT2D eigenvalue weighted by Crippen LogP contribution is 2.18. The van der Waals surface area contributed by atoms with Gasteiger partial charge < -0.3 is 0 Å². The lowest BCUT2D eigenvalue weighted by Gasteiger charge is -2.05. The Labute approximate surface area is 377 Å². The second kappa shape index (κ2) is 61.2. The maximum atomic E-state index is 9.27. The van der Waals surface area contributed by atoms with E-state index in [-0.39, 0.29) is 0 Å². The molecule has 0 spiro atoms. The van der Waals surface area contributed by atoms with E-state index in [1.807, 2.05) is 0 Å². The molecule has 0 aromatic carbocycles. The molecule has 0 atom stereocenters. The Balaban J connectivity index is 3.06. The monoisotopic (exact) mass is 924 g/mol. The van der Waals surface area contributed by atoms with Crippen molar-refractivity contribution >= 4 is 0 Å². The fourth-order valence-corrected chi connectivity index (χ4v) is 7.36. The molecule has 0 N–H and O–H groups in total. The molecular formula is C43H87O20. The smallest absolute Gasteiger partial charge is 0.0855 e. The predicted octanol–water partition coefficient (Wildman–Crippen LogP) is 15.1. The highest BCUT2D eigenvalue weighted by molar-refractivity contribution is 4.53. The van der Waals surface area contributed by atoms with Gasteiger partial charge in [0, 0.05) is 55.6 Å². The molecular weight excluding hydrogens is 836 g/mol. The minimum absolute atomic E-state index is 0.295. The van der Waals surface area contributed by atoms with Gasteiger partial charge in [-0.2, -0.15) is 0 Å². The van der Waals surface area contributed by atoms with Crippen molar-refractivity contribution in [3.05, 3.63) is 0 Å². The third kappa shape index (κ3) is 61.2. The van der Waals surface area contributed by atoms with Crippen molar-refractivity contribution in [1.82, 2.24) is 0 Å². The molecule has 0 aromatic heterocycles. The van der Waals surface area contributed by atoms with Gasteiger partial charge >= 0.3 is 0 Å². The van der Waals surface area contributed by atoms with E-state index in [0.29, 0.717) is 6.61 Å². The zero-order valence-electron chi connectivity index (χ0n) is 38.9. The van der Waals surface area contributed by atoms with Crippen LogP contribution in [0.4, 0.5) is 0 Å². The maximum absolute atomic E-state index is 9.27. The third-order valence-corrected chi connectivity index (χ3v) is 10.9. The molecule has 0 unspecified atom stereocenters. The van der Waals surface area contributed by atoms with E-state index in [1.165, 1.54) is 244 Å². The highest BCUT2D eigenvalue weighted by atomic mass is 18.0. The molecule has 0 bridgehead atoms. The Morgan fingerprint density at radius 3 is 0.540 bits per heavy atom. The van der Waals surface area contributed by atoms with E-state index in [9.17, 15) is 5.26 Å². The molecule has 63 heavy (non-hydrogen) atoms. The SMILES string of the molecule is CCCCCCCCCCCCCCCCCCCCCCCCCCCCCCCCCCCCCCCCCCCOOOOOOOOOOOOOOOOOOO[O]. The molecule has 20 heteroatoms. The van der Waals surface area contributed by atoms with E-state index in [0.717, 1.165) is 19.3 Å². The normalized spacial score (nSPS) is 11.7. The minimum Gasteiger partial charge on any atom is -0.204 e. The van der Waals surface area contributed by atoms with Crippen LogP contribution in [0, 0.1) is 0 Å². The van der Waals surface area contributed by atoms with Gasteiger partial charge in [0.1, 0.15) is 0 Å². The summed E-state index contributed by atoms with van der Waals surface area (Å²) in [6, 6.07) is 0. The van der Waals surface area contributed by atoms with E-state index < -0.39 is 0 Å². The minimum atomic E-state index is 0.295. The van der Waals surface area contributed by atoms with Crippen molar-refractivity contribution in [2.24, 2.45) is 0 Å². The summed E-state index contributed by atoms with van der Waals surface area (Å²) in [5.74, 6) is 0. The molecule has 0 aromatic rings. The second-order valence-electron chi connectivity index (χ2n) is 16.2. The van der Waals surface area contributed by atoms with Gasteiger partial charge in [0.2, 0.25) is 0 Å². The van der Waals surface area contributed by atoms with Crippen LogP contribution in [0.25, 0.3) is 0 Å². The first kappa shape index (κ1) is 62.2. The van der Waals surface area contributed by atoms with E-state index >= 15 is 0 Å². The molecule has 0 saturated carbocycles. The number of unbranched alkanes of at least 4 members (excludes halogenated alkanes) is 40. The summed E-state index contributed by atoms with van der Waals surface area (Å²) in [5, 5.41) is 74.1. The van der Waals surface area contributed by atoms with Crippen LogP contribution in [-0.2, 0) is 101 Å². The van der Waals surface area contributed by atoms with Crippen molar-refractivity contribution in [3.8, 4) is 0 Å². The first-order valence-electron chi connectivity index (χ1n) is 24.7. The molecule has 379 valence electrons. The van der Waals surface area contributed by atoms with Crippen LogP contribution >= 0.6 is 0 Å². The Morgan fingerprint density at radius 1 is 0.190 bits per heavy atom. The lowest BCUT2D eigenvalue weighted by molar-refractivity contribution is -0.894. The molecule has 0 aliphatic carbocycles. The van der Waals surface area contributed by atoms with Crippen LogP contribution in [0.1, 0.15) is 270 Å². The average Bonchev–Trinajstić information content (AvgIpc) is 3.29. The molecule has 0 fully saturated rings. The maximum Gasteiger partial charge on any atom is 0.0855 e. The van der Waals surface area contributed by atoms with Gasteiger partial charge in [-0.15, -0.1) is 0 Å². The van der Waals surface area contributed by atoms with Crippen LogP contribution in [-0.4, -0.2) is 6.61 Å². The van der Waals surface area contributed by atoms with Crippen LogP contribution in [0.2, 0.25) is 0 Å². The summed E-state index contributed by atoms with van der Waals surface area (Å²) < 4.78 is 0. The summed E-state index contributed by atoms with van der Waals surface area (Å²) in [6.45, 7) is 2.59. The van der Waals surface area contributed by atoms with Gasteiger partial charge in [-0.1, -0.05) is 264 Å². The quantitative estimate of drug-likeness (QED) is 0.0317. The standard InChI is InChI=1S/C43H87O20/c1-2-3-4-5-6-7-8-9-10-11-12-13-14-15-16-17-18-19-20-21-22-23-24-25-26-27-28-29-30-31-32-33-34-35-36-37-38-39-40-41-42-43-45-47-49-51-53-55-57-59-61-63-62-60-58-56-54-52-50-48-46-44/h2-43H2,1H3. The molecule has 0 heterocycles. The van der Waals surface area contributed by atoms with E-state index in [4.69, 9.17) is 4.89 Å². The highest BCUT2D eigenvalue weighted by Gasteiger charge is 2.02. The first-order valence-corrected chi connectivity index (χ1v) is 24.7. The average molecular weight is 924 g/mol. The van der Waals surface area contributed by atoms with Gasteiger partial charge in [-0.25, -0.2) is 4.89 Å². The number of hydrogen-bond donors (Lipinski definition) is 0. The van der Waals surface area contributed by atoms with Gasteiger partial charge in [0.15, 0.2) is 0 Å². The second-order valence-corrected chi connectivity index (χ2v) is 16.2. The summed E-state index contributed by atoms with van der Waals surface area (Å²) >= 11 is 0. The fraction of sp³-hybridized carbons (Fsp3) is 1.00. The molecule has 0 amide bonds. The molecule has 0 saturated heterocycles. The lowest BCUT2D eigenvalue weighted by Crippen LogP contribution is -2.05. The topological polar surface area (TPSA) is 195 Å². The fourth-order valence-electron chi connectivity index (χ4n) is 7.36. The van der Waals surface area contributed by atoms with Crippen molar-refractivity contribution in [3.63, 3.8) is 0 Å². The molecule has 0 aliphatic rings. The van der Waals surface area contributed by atoms with Gasteiger partial charge in [0.05, 0.1) is 6.61 Å². The zero-order valence-corrected chi connectivity index (χ0v) is 38.9. The summed E-state index contributed by atoms with van der Waals surface area (Å²) in [5.41, 5.74) is 0. The third-order valence-electron chi connectivity index (χ3n) is 10.9. The van der Waals surface area contributed by atoms with Gasteiger partial charge in [-0.3, -0.25) is 0 Å². The van der Waals surface area contributed by atoms with Gasteiger partial charge in [-0.05, 0) is 46.7 Å².